The summed E-state index contributed by atoms with van der Waals surface area (Å²) in [5.41, 5.74) is 18.0. The van der Waals surface area contributed by atoms with Crippen molar-refractivity contribution in [3.8, 4) is 22.3 Å². The predicted octanol–water partition coefficient (Wildman–Crippen LogP) is 16.6. The van der Waals surface area contributed by atoms with Gasteiger partial charge in [0, 0.05) is 0 Å². The first kappa shape index (κ1) is 40.5. The molecule has 10 aliphatic rings. The van der Waals surface area contributed by atoms with Crippen LogP contribution in [0, 0.1) is 41.4 Å². The zero-order chi connectivity index (χ0) is 41.7. The van der Waals surface area contributed by atoms with Crippen LogP contribution in [0.1, 0.15) is 145 Å². The molecule has 0 nitrogen and oxygen atoms in total. The van der Waals surface area contributed by atoms with Crippen molar-refractivity contribution in [2.24, 2.45) is 41.4 Å². The molecule has 8 saturated carbocycles. The molecule has 4 aromatic carbocycles. The van der Waals surface area contributed by atoms with Crippen molar-refractivity contribution in [2.75, 3.05) is 0 Å². The maximum atomic E-state index is 8.90. The third-order valence-electron chi connectivity index (χ3n) is 19.2. The van der Waals surface area contributed by atoms with E-state index in [0.29, 0.717) is 16.7 Å². The summed E-state index contributed by atoms with van der Waals surface area (Å²) in [4.78, 5) is 0. The molecule has 8 fully saturated rings. The standard InChI is InChI=1S/C28H31.C27H29.C2H7Si.2ClH.Zr/c1-18(2)24-13-23-4-3-5-26(27(23)14-24)22-6-8-25(9-7-22)28-15-19-10-20(16-28)12-21(11-19)17-28;1-2-18-13-23-4-3-5-25(26(23)14-18)22-6-8-24(9-7-22)27-15-19-10-20(16-27)12-21(11-19)17-27;1-3-2;;;/h3-9,13-14,18-21H,10-12,15-17H2,1-2H3;3-9,13-14,19-21H,2,10-12,15-17H2,1H3;3H,1-2H3;2*1H;/q;;;;;+2/p-2. The van der Waals surface area contributed by atoms with E-state index >= 15 is 0 Å². The van der Waals surface area contributed by atoms with E-state index in [4.69, 9.17) is 17.0 Å². The first-order valence-electron chi connectivity index (χ1n) is 24.8. The summed E-state index contributed by atoms with van der Waals surface area (Å²) in [6.07, 6.45) is 23.5. The molecule has 14 rings (SSSR count). The molecule has 0 aliphatic heterocycles. The van der Waals surface area contributed by atoms with E-state index in [1.54, 1.807) is 11.1 Å². The van der Waals surface area contributed by atoms with Crippen LogP contribution in [0.5, 0.6) is 0 Å². The first-order chi connectivity index (χ1) is 29.3. The van der Waals surface area contributed by atoms with Crippen LogP contribution in [0.3, 0.4) is 0 Å². The monoisotopic (exact) mass is 939 g/mol. The molecular weight excluding hydrogens is 875 g/mol. The van der Waals surface area contributed by atoms with E-state index in [1.807, 2.05) is 0 Å². The minimum absolute atomic E-state index is 0.104. The summed E-state index contributed by atoms with van der Waals surface area (Å²) in [6, 6.07) is 34.2. The van der Waals surface area contributed by atoms with Crippen LogP contribution in [-0.2, 0) is 26.4 Å². The number of halogens is 2. The molecule has 8 bridgehead atoms. The molecule has 0 spiro atoms. The Morgan fingerprint density at radius 2 is 0.951 bits per heavy atom. The maximum absolute atomic E-state index is 8.90. The third-order valence-corrected chi connectivity index (χ3v) is 71.0. The van der Waals surface area contributed by atoms with E-state index in [2.05, 4.69) is 131 Å². The number of hydrogen-bond donors (Lipinski definition) is 0. The third kappa shape index (κ3) is 6.02. The van der Waals surface area contributed by atoms with Gasteiger partial charge >= 0.3 is 379 Å². The molecule has 4 aromatic rings. The normalized spacial score (nSPS) is 34.7. The Labute approximate surface area is 376 Å². The Hall–Kier alpha value is -1.96. The van der Waals surface area contributed by atoms with Crippen molar-refractivity contribution >= 4 is 35.1 Å². The minimum atomic E-state index is -4.91. The fraction of sp³-hybridized carbons (Fsp3) is 0.509. The molecule has 0 amide bonds. The predicted molar refractivity (Wildman–Crippen MR) is 261 cm³/mol. The molecule has 4 heteroatoms. The number of benzene rings is 4. The SMILES string of the molecule is CCC1=Cc2c(-c3ccc(C45CC6CC(CC(C6)C4)C5)cc3)cccc2[CH]1[Zr]([Cl])([Cl])([CH]1C(C(C)C)=Cc2c(-c3ccc(C45CC6CC(CC(C6)C4)C5)cc3)cccc21)[SiH](C)C. The number of fused-ring (bicyclic) bond motifs is 2. The molecule has 0 radical (unpaired) electrons. The van der Waals surface area contributed by atoms with Crippen molar-refractivity contribution in [1.29, 1.82) is 0 Å². The van der Waals surface area contributed by atoms with Gasteiger partial charge < -0.3 is 0 Å². The van der Waals surface area contributed by atoms with Gasteiger partial charge in [0.15, 0.2) is 0 Å². The molecule has 2 unspecified atom stereocenters. The summed E-state index contributed by atoms with van der Waals surface area (Å²) < 4.78 is 0.218. The molecule has 0 saturated heterocycles. The topological polar surface area (TPSA) is 0 Å². The van der Waals surface area contributed by atoms with Gasteiger partial charge in [-0.25, -0.2) is 0 Å². The zero-order valence-corrected chi connectivity index (χ0v) is 42.6. The van der Waals surface area contributed by atoms with Crippen LogP contribution in [0.15, 0.2) is 96.1 Å². The van der Waals surface area contributed by atoms with Crippen LogP contribution in [0.4, 0.5) is 0 Å². The summed E-state index contributed by atoms with van der Waals surface area (Å²) >= 11 is -4.91. The number of allylic oxidation sites excluding steroid dienone is 2. The first-order valence-corrected chi connectivity index (χ1v) is 41.1. The summed E-state index contributed by atoms with van der Waals surface area (Å²) in [7, 11) is 17.8. The Bertz CT molecular complexity index is 2410. The van der Waals surface area contributed by atoms with Gasteiger partial charge in [-0.2, -0.15) is 0 Å². The second-order valence-electron chi connectivity index (χ2n) is 23.3. The second kappa shape index (κ2) is 14.3. The van der Waals surface area contributed by atoms with Gasteiger partial charge in [0.2, 0.25) is 0 Å². The fourth-order valence-electron chi connectivity index (χ4n) is 17.2. The van der Waals surface area contributed by atoms with Gasteiger partial charge in [-0.05, 0) is 0 Å². The average molecular weight is 942 g/mol. The Balaban J connectivity index is 0.915. The summed E-state index contributed by atoms with van der Waals surface area (Å²) in [6.45, 7) is 12.1. The van der Waals surface area contributed by atoms with Crippen molar-refractivity contribution < 1.29 is 15.6 Å². The summed E-state index contributed by atoms with van der Waals surface area (Å²) in [5.74, 6) is 4.44. The number of hydrogen-bond acceptors (Lipinski definition) is 0. The van der Waals surface area contributed by atoms with Crippen LogP contribution in [0.2, 0.25) is 13.1 Å². The summed E-state index contributed by atoms with van der Waals surface area (Å²) in [5, 5.41) is 0. The van der Waals surface area contributed by atoms with Crippen molar-refractivity contribution in [3.05, 3.63) is 129 Å². The molecule has 317 valence electrons. The van der Waals surface area contributed by atoms with Crippen molar-refractivity contribution in [2.45, 2.75) is 135 Å². The van der Waals surface area contributed by atoms with Crippen LogP contribution >= 0.6 is 17.0 Å². The zero-order valence-electron chi connectivity index (χ0n) is 37.5. The van der Waals surface area contributed by atoms with Crippen molar-refractivity contribution in [3.63, 3.8) is 0 Å². The number of rotatable bonds is 9. The molecule has 2 atom stereocenters. The molecule has 0 N–H and O–H groups in total. The van der Waals surface area contributed by atoms with Crippen LogP contribution < -0.4 is 0 Å². The van der Waals surface area contributed by atoms with Gasteiger partial charge in [-0.15, -0.1) is 0 Å². The fourth-order valence-corrected chi connectivity index (χ4v) is 48.9. The van der Waals surface area contributed by atoms with Crippen LogP contribution in [0.25, 0.3) is 34.4 Å². The Morgan fingerprint density at radius 1 is 0.557 bits per heavy atom. The van der Waals surface area contributed by atoms with Crippen LogP contribution in [-0.4, -0.2) is 5.92 Å². The van der Waals surface area contributed by atoms with E-state index in [-0.39, 0.29) is 7.25 Å². The second-order valence-corrected chi connectivity index (χ2v) is 65.8. The van der Waals surface area contributed by atoms with E-state index < -0.39 is 21.5 Å². The molecule has 61 heavy (non-hydrogen) atoms. The molecule has 0 aromatic heterocycles. The van der Waals surface area contributed by atoms with Gasteiger partial charge in [-0.3, -0.25) is 0 Å². The van der Waals surface area contributed by atoms with E-state index in [9.17, 15) is 0 Å². The Kier molecular flexibility index (Phi) is 9.48. The molecular formula is C57H67Cl2SiZr. The van der Waals surface area contributed by atoms with Gasteiger partial charge in [-0.1, -0.05) is 0 Å². The average Bonchev–Trinajstić information content (AvgIpc) is 3.84. The molecule has 10 aliphatic carbocycles. The quantitative estimate of drug-likeness (QED) is 0.147. The van der Waals surface area contributed by atoms with Gasteiger partial charge in [0.25, 0.3) is 0 Å². The van der Waals surface area contributed by atoms with Gasteiger partial charge in [0.1, 0.15) is 0 Å². The van der Waals surface area contributed by atoms with Gasteiger partial charge in [0.05, 0.1) is 0 Å². The molecule has 0 heterocycles. The van der Waals surface area contributed by atoms with E-state index in [1.165, 1.54) is 133 Å². The van der Waals surface area contributed by atoms with E-state index in [0.717, 1.165) is 41.9 Å². The Morgan fingerprint density at radius 3 is 1.33 bits per heavy atom. The van der Waals surface area contributed by atoms with Crippen molar-refractivity contribution in [1.82, 2.24) is 0 Å².